The molecule has 0 N–H and O–H groups in total. The maximum Gasteiger partial charge on any atom is 0.241 e. The number of hydrogen-bond donors (Lipinski definition) is 0. The molecule has 2 fully saturated rings. The van der Waals surface area contributed by atoms with Crippen LogP contribution in [0.15, 0.2) is 48.5 Å². The quantitative estimate of drug-likeness (QED) is 0.756. The van der Waals surface area contributed by atoms with Crippen LogP contribution >= 0.6 is 0 Å². The zero-order chi connectivity index (χ0) is 21.7. The second kappa shape index (κ2) is 7.50. The fourth-order valence-electron chi connectivity index (χ4n) is 4.52. The molecule has 1 amide bonds. The molecule has 30 heavy (non-hydrogen) atoms. The molecule has 2 aliphatic heterocycles. The average Bonchev–Trinajstić information content (AvgIpc) is 2.98. The van der Waals surface area contributed by atoms with E-state index in [-0.39, 0.29) is 41.5 Å². The Morgan fingerprint density at radius 2 is 1.53 bits per heavy atom. The molecule has 0 aromatic heterocycles. The number of piperazine rings is 1. The number of amides is 1. The van der Waals surface area contributed by atoms with Crippen LogP contribution in [0.1, 0.15) is 37.5 Å². The standard InChI is InChI=1S/C24H30N2O3S/c1-17-5-7-18(8-6-17)13-25-14-23(27)26(22-16-30(28,29)15-21(22)25)20-11-9-19(10-12-20)24(2,3)4/h5-12,21-22H,13-16H2,1-4H3. The van der Waals surface area contributed by atoms with Gasteiger partial charge in [0.15, 0.2) is 9.84 Å². The Balaban J connectivity index is 1.63. The normalized spacial score (nSPS) is 24.1. The predicted octanol–water partition coefficient (Wildman–Crippen LogP) is 3.31. The van der Waals surface area contributed by atoms with E-state index in [1.807, 2.05) is 48.2 Å². The Hall–Kier alpha value is -2.18. The number of fused-ring (bicyclic) bond motifs is 1. The lowest BCUT2D eigenvalue weighted by Gasteiger charge is -2.43. The van der Waals surface area contributed by atoms with Crippen molar-refractivity contribution in [1.29, 1.82) is 0 Å². The van der Waals surface area contributed by atoms with Crippen molar-refractivity contribution in [2.45, 2.75) is 51.7 Å². The van der Waals surface area contributed by atoms with E-state index in [4.69, 9.17) is 0 Å². The van der Waals surface area contributed by atoms with Crippen molar-refractivity contribution >= 4 is 21.4 Å². The topological polar surface area (TPSA) is 57.7 Å². The summed E-state index contributed by atoms with van der Waals surface area (Å²) < 4.78 is 25.1. The molecule has 2 heterocycles. The maximum absolute atomic E-state index is 13.2. The minimum atomic E-state index is -3.19. The molecule has 2 saturated heterocycles. The molecule has 2 aliphatic rings. The zero-order valence-electron chi connectivity index (χ0n) is 18.1. The summed E-state index contributed by atoms with van der Waals surface area (Å²) in [6.45, 7) is 9.30. The number of benzene rings is 2. The van der Waals surface area contributed by atoms with Crippen LogP contribution in [0.5, 0.6) is 0 Å². The highest BCUT2D eigenvalue weighted by atomic mass is 32.2. The molecule has 0 saturated carbocycles. The number of carbonyl (C=O) groups is 1. The smallest absolute Gasteiger partial charge is 0.241 e. The second-order valence-corrected chi connectivity index (χ2v) is 11.8. The number of nitrogens with zero attached hydrogens (tertiary/aromatic N) is 2. The van der Waals surface area contributed by atoms with Crippen molar-refractivity contribution in [2.24, 2.45) is 0 Å². The lowest BCUT2D eigenvalue weighted by atomic mass is 9.87. The number of rotatable bonds is 3. The van der Waals surface area contributed by atoms with Gasteiger partial charge in [0.2, 0.25) is 5.91 Å². The molecular weight excluding hydrogens is 396 g/mol. The van der Waals surface area contributed by atoms with Gasteiger partial charge in [-0.3, -0.25) is 9.69 Å². The summed E-state index contributed by atoms with van der Waals surface area (Å²) in [5, 5.41) is 0. The first-order valence-corrected chi connectivity index (χ1v) is 12.3. The van der Waals surface area contributed by atoms with E-state index in [0.29, 0.717) is 6.54 Å². The van der Waals surface area contributed by atoms with Gasteiger partial charge in [-0.15, -0.1) is 0 Å². The first kappa shape index (κ1) is 21.1. The van der Waals surface area contributed by atoms with Gasteiger partial charge < -0.3 is 4.90 Å². The third-order valence-corrected chi connectivity index (χ3v) is 7.92. The third kappa shape index (κ3) is 4.16. The van der Waals surface area contributed by atoms with Crippen LogP contribution < -0.4 is 4.90 Å². The van der Waals surface area contributed by atoms with E-state index < -0.39 is 9.84 Å². The zero-order valence-corrected chi connectivity index (χ0v) is 18.9. The van der Waals surface area contributed by atoms with Gasteiger partial charge in [0.25, 0.3) is 0 Å². The molecule has 0 radical (unpaired) electrons. The number of carbonyl (C=O) groups excluding carboxylic acids is 1. The molecular formula is C24H30N2O3S. The fraction of sp³-hybridized carbons (Fsp3) is 0.458. The highest BCUT2D eigenvalue weighted by Crippen LogP contribution is 2.33. The SMILES string of the molecule is Cc1ccc(CN2CC(=O)N(c3ccc(C(C)(C)C)cc3)C3CS(=O)(=O)CC32)cc1. The molecule has 160 valence electrons. The van der Waals surface area contributed by atoms with Gasteiger partial charge in [0.1, 0.15) is 0 Å². The van der Waals surface area contributed by atoms with E-state index in [1.165, 1.54) is 11.1 Å². The number of hydrogen-bond acceptors (Lipinski definition) is 4. The number of anilines is 1. The fourth-order valence-corrected chi connectivity index (χ4v) is 6.50. The van der Waals surface area contributed by atoms with Gasteiger partial charge >= 0.3 is 0 Å². The largest absolute Gasteiger partial charge is 0.306 e. The van der Waals surface area contributed by atoms with E-state index in [0.717, 1.165) is 11.3 Å². The Morgan fingerprint density at radius 1 is 0.933 bits per heavy atom. The molecule has 2 aromatic carbocycles. The van der Waals surface area contributed by atoms with Crippen molar-refractivity contribution in [3.63, 3.8) is 0 Å². The second-order valence-electron chi connectivity index (χ2n) is 9.66. The van der Waals surface area contributed by atoms with Gasteiger partial charge in [-0.1, -0.05) is 62.7 Å². The highest BCUT2D eigenvalue weighted by molar-refractivity contribution is 7.91. The summed E-state index contributed by atoms with van der Waals surface area (Å²) in [5.74, 6) is 0.0892. The summed E-state index contributed by atoms with van der Waals surface area (Å²) in [6.07, 6.45) is 0. The molecule has 0 bridgehead atoms. The lowest BCUT2D eigenvalue weighted by Crippen LogP contribution is -2.61. The minimum Gasteiger partial charge on any atom is -0.306 e. The Morgan fingerprint density at radius 3 is 2.13 bits per heavy atom. The van der Waals surface area contributed by atoms with E-state index in [2.05, 4.69) is 32.9 Å². The first-order valence-electron chi connectivity index (χ1n) is 10.5. The summed E-state index contributed by atoms with van der Waals surface area (Å²) >= 11 is 0. The third-order valence-electron chi connectivity index (χ3n) is 6.22. The molecule has 2 aromatic rings. The Bertz CT molecular complexity index is 1040. The number of aryl methyl sites for hydroxylation is 1. The molecule has 0 spiro atoms. The van der Waals surface area contributed by atoms with Gasteiger partial charge in [-0.25, -0.2) is 8.42 Å². The van der Waals surface area contributed by atoms with Crippen LogP contribution in [-0.4, -0.2) is 49.4 Å². The van der Waals surface area contributed by atoms with Crippen molar-refractivity contribution in [3.8, 4) is 0 Å². The van der Waals surface area contributed by atoms with E-state index in [1.54, 1.807) is 4.90 Å². The molecule has 2 unspecified atom stereocenters. The van der Waals surface area contributed by atoms with Crippen LogP contribution in [0.3, 0.4) is 0 Å². The summed E-state index contributed by atoms with van der Waals surface area (Å²) in [4.78, 5) is 16.9. The first-order chi connectivity index (χ1) is 14.0. The molecule has 4 rings (SSSR count). The molecule has 5 nitrogen and oxygen atoms in total. The molecule has 6 heteroatoms. The maximum atomic E-state index is 13.2. The van der Waals surface area contributed by atoms with Gasteiger partial charge in [0.05, 0.1) is 24.1 Å². The number of sulfone groups is 1. The van der Waals surface area contributed by atoms with Gasteiger partial charge in [-0.05, 0) is 35.6 Å². The van der Waals surface area contributed by atoms with Crippen molar-refractivity contribution in [3.05, 3.63) is 65.2 Å². The lowest BCUT2D eigenvalue weighted by molar-refractivity contribution is -0.123. The van der Waals surface area contributed by atoms with E-state index in [9.17, 15) is 13.2 Å². The van der Waals surface area contributed by atoms with Crippen LogP contribution in [-0.2, 0) is 26.6 Å². The van der Waals surface area contributed by atoms with Crippen LogP contribution in [0.25, 0.3) is 0 Å². The molecule has 2 atom stereocenters. The van der Waals surface area contributed by atoms with Crippen molar-refractivity contribution < 1.29 is 13.2 Å². The van der Waals surface area contributed by atoms with Crippen molar-refractivity contribution in [1.82, 2.24) is 4.90 Å². The minimum absolute atomic E-state index is 0.0223. The van der Waals surface area contributed by atoms with Gasteiger partial charge in [0, 0.05) is 18.3 Å². The Labute approximate surface area is 179 Å². The summed E-state index contributed by atoms with van der Waals surface area (Å²) in [5.41, 5.74) is 4.27. The Kier molecular flexibility index (Phi) is 5.27. The highest BCUT2D eigenvalue weighted by Gasteiger charge is 2.49. The summed E-state index contributed by atoms with van der Waals surface area (Å²) in [7, 11) is -3.19. The van der Waals surface area contributed by atoms with Gasteiger partial charge in [-0.2, -0.15) is 0 Å². The average molecular weight is 427 g/mol. The monoisotopic (exact) mass is 426 g/mol. The van der Waals surface area contributed by atoms with Crippen LogP contribution in [0, 0.1) is 6.92 Å². The molecule has 0 aliphatic carbocycles. The summed E-state index contributed by atoms with van der Waals surface area (Å²) in [6, 6.07) is 15.7. The predicted molar refractivity (Wildman–Crippen MR) is 120 cm³/mol. The van der Waals surface area contributed by atoms with Crippen LogP contribution in [0.2, 0.25) is 0 Å². The van der Waals surface area contributed by atoms with Crippen molar-refractivity contribution in [2.75, 3.05) is 23.0 Å². The van der Waals surface area contributed by atoms with Crippen LogP contribution in [0.4, 0.5) is 5.69 Å². The van der Waals surface area contributed by atoms with E-state index >= 15 is 0 Å².